The van der Waals surface area contributed by atoms with Gasteiger partial charge in [0.2, 0.25) is 0 Å². The molecule has 2 nitrogen and oxygen atoms in total. The third-order valence-corrected chi connectivity index (χ3v) is 4.04. The molecule has 0 spiro atoms. The normalized spacial score (nSPS) is 46.5. The van der Waals surface area contributed by atoms with Gasteiger partial charge in [-0.05, 0) is 6.42 Å². The Morgan fingerprint density at radius 2 is 1.42 bits per heavy atom. The molecule has 12 heavy (non-hydrogen) atoms. The Labute approximate surface area is 76.0 Å². The average molecular weight is 170 g/mol. The average Bonchev–Trinajstić information content (AvgIpc) is 2.08. The Hall–Kier alpha value is -0.0800. The van der Waals surface area contributed by atoms with E-state index in [0.717, 1.165) is 0 Å². The molecule has 2 heteroatoms. The van der Waals surface area contributed by atoms with Gasteiger partial charge in [0.25, 0.3) is 0 Å². The van der Waals surface area contributed by atoms with Crippen molar-refractivity contribution in [3.05, 3.63) is 0 Å². The number of nitrogens with zero attached hydrogens (tertiary/aromatic N) is 2. The molecule has 3 aliphatic heterocycles. The summed E-state index contributed by atoms with van der Waals surface area (Å²) in [6.07, 6.45) is 1.36. The van der Waals surface area contributed by atoms with Crippen LogP contribution in [0.4, 0.5) is 0 Å². The van der Waals surface area contributed by atoms with E-state index in [4.69, 9.17) is 0 Å². The highest BCUT2D eigenvalue weighted by molar-refractivity contribution is 4.59. The van der Waals surface area contributed by atoms with Crippen molar-refractivity contribution < 1.29 is 8.97 Å². The van der Waals surface area contributed by atoms with Gasteiger partial charge in [-0.15, -0.1) is 0 Å². The van der Waals surface area contributed by atoms with Crippen molar-refractivity contribution in [3.63, 3.8) is 0 Å². The molecule has 0 radical (unpaired) electrons. The van der Waals surface area contributed by atoms with Crippen LogP contribution in [0, 0.1) is 0 Å². The van der Waals surface area contributed by atoms with Crippen molar-refractivity contribution in [1.82, 2.24) is 0 Å². The third kappa shape index (κ3) is 1.27. The molecule has 3 fully saturated rings. The van der Waals surface area contributed by atoms with Crippen LogP contribution in [0.3, 0.4) is 0 Å². The molecule has 3 rings (SSSR count). The molecule has 0 unspecified atom stereocenters. The standard InChI is InChI=1S/C10H22N2/c1-3-4-12-8-5-11(2,6-9-12)7-10-12/h3-10H2,1-2H3/q+2. The van der Waals surface area contributed by atoms with Crippen LogP contribution in [0.2, 0.25) is 0 Å². The summed E-state index contributed by atoms with van der Waals surface area (Å²) in [6.45, 7) is 12.4. The molecule has 0 aromatic heterocycles. The molecule has 0 aromatic carbocycles. The molecular weight excluding hydrogens is 148 g/mol. The van der Waals surface area contributed by atoms with Crippen molar-refractivity contribution in [2.24, 2.45) is 0 Å². The fourth-order valence-electron chi connectivity index (χ4n) is 2.84. The molecule has 70 valence electrons. The van der Waals surface area contributed by atoms with E-state index in [9.17, 15) is 0 Å². The van der Waals surface area contributed by atoms with Crippen LogP contribution in [0.15, 0.2) is 0 Å². The van der Waals surface area contributed by atoms with E-state index in [2.05, 4.69) is 14.0 Å². The number of rotatable bonds is 2. The monoisotopic (exact) mass is 170 g/mol. The maximum absolute atomic E-state index is 2.43. The summed E-state index contributed by atoms with van der Waals surface area (Å²) >= 11 is 0. The predicted molar refractivity (Wildman–Crippen MR) is 50.8 cm³/mol. The first-order valence-electron chi connectivity index (χ1n) is 5.37. The largest absolute Gasteiger partial charge is 0.312 e. The summed E-state index contributed by atoms with van der Waals surface area (Å²) in [5.41, 5.74) is 0. The van der Waals surface area contributed by atoms with Crippen LogP contribution >= 0.6 is 0 Å². The number of piperazine rings is 3. The van der Waals surface area contributed by atoms with Gasteiger partial charge in [0.15, 0.2) is 0 Å². The van der Waals surface area contributed by atoms with Gasteiger partial charge in [-0.25, -0.2) is 0 Å². The smallest absolute Gasteiger partial charge is 0.129 e. The lowest BCUT2D eigenvalue weighted by molar-refractivity contribution is -1.07. The minimum atomic E-state index is 1.36. The number of quaternary nitrogens is 2. The molecule has 0 amide bonds. The van der Waals surface area contributed by atoms with Gasteiger partial charge in [-0.3, -0.25) is 0 Å². The zero-order chi connectivity index (χ0) is 8.66. The molecule has 3 heterocycles. The number of hydrogen-bond donors (Lipinski definition) is 0. The Balaban J connectivity index is 2.04. The highest BCUT2D eigenvalue weighted by Gasteiger charge is 2.45. The minimum Gasteiger partial charge on any atom is -0.312 e. The van der Waals surface area contributed by atoms with E-state index in [1.54, 1.807) is 0 Å². The number of fused-ring (bicyclic) bond motifs is 3. The van der Waals surface area contributed by atoms with Crippen LogP contribution in [0.25, 0.3) is 0 Å². The Bertz CT molecular complexity index is 152. The number of hydrogen-bond acceptors (Lipinski definition) is 0. The first-order chi connectivity index (χ1) is 5.68. The third-order valence-electron chi connectivity index (χ3n) is 4.04. The molecule has 2 bridgehead atoms. The van der Waals surface area contributed by atoms with Gasteiger partial charge in [0, 0.05) is 0 Å². The van der Waals surface area contributed by atoms with E-state index in [1.165, 1.54) is 61.2 Å². The fraction of sp³-hybridized carbons (Fsp3) is 1.00. The lowest BCUT2D eigenvalue weighted by atomic mass is 10.1. The maximum Gasteiger partial charge on any atom is 0.129 e. The topological polar surface area (TPSA) is 0 Å². The van der Waals surface area contributed by atoms with E-state index < -0.39 is 0 Å². The van der Waals surface area contributed by atoms with Crippen molar-refractivity contribution in [2.75, 3.05) is 52.9 Å². The summed E-state index contributed by atoms with van der Waals surface area (Å²) in [4.78, 5) is 0. The molecular formula is C10H22N2+2. The van der Waals surface area contributed by atoms with Gasteiger partial charge >= 0.3 is 0 Å². The number of likely N-dealkylation sites (N-methyl/N-ethyl adjacent to an activating group) is 1. The van der Waals surface area contributed by atoms with Crippen LogP contribution in [-0.4, -0.2) is 61.8 Å². The summed E-state index contributed by atoms with van der Waals surface area (Å²) in [5, 5.41) is 0. The van der Waals surface area contributed by atoms with Gasteiger partial charge in [0.1, 0.15) is 39.3 Å². The summed E-state index contributed by atoms with van der Waals surface area (Å²) in [7, 11) is 2.43. The maximum atomic E-state index is 2.43. The summed E-state index contributed by atoms with van der Waals surface area (Å²) in [6, 6.07) is 0. The quantitative estimate of drug-likeness (QED) is 0.535. The van der Waals surface area contributed by atoms with Crippen LogP contribution < -0.4 is 0 Å². The van der Waals surface area contributed by atoms with Gasteiger partial charge in [0.05, 0.1) is 13.6 Å². The molecule has 0 atom stereocenters. The van der Waals surface area contributed by atoms with Crippen molar-refractivity contribution in [1.29, 1.82) is 0 Å². The highest BCUT2D eigenvalue weighted by Crippen LogP contribution is 2.24. The van der Waals surface area contributed by atoms with Gasteiger partial charge < -0.3 is 8.97 Å². The Morgan fingerprint density at radius 1 is 0.917 bits per heavy atom. The fourth-order valence-corrected chi connectivity index (χ4v) is 2.84. The zero-order valence-electron chi connectivity index (χ0n) is 8.55. The minimum absolute atomic E-state index is 1.36. The first-order valence-corrected chi connectivity index (χ1v) is 5.37. The summed E-state index contributed by atoms with van der Waals surface area (Å²) < 4.78 is 2.81. The second-order valence-electron chi connectivity index (χ2n) is 5.03. The van der Waals surface area contributed by atoms with Crippen molar-refractivity contribution in [2.45, 2.75) is 13.3 Å². The molecule has 0 saturated carbocycles. The van der Waals surface area contributed by atoms with E-state index >= 15 is 0 Å². The molecule has 0 N–H and O–H groups in total. The van der Waals surface area contributed by atoms with Gasteiger partial charge in [-0.1, -0.05) is 6.92 Å². The highest BCUT2D eigenvalue weighted by atomic mass is 15.5. The molecule has 0 aliphatic carbocycles. The van der Waals surface area contributed by atoms with E-state index in [0.29, 0.717) is 0 Å². The van der Waals surface area contributed by atoms with Crippen molar-refractivity contribution in [3.8, 4) is 0 Å². The lowest BCUT2D eigenvalue weighted by Crippen LogP contribution is -2.73. The lowest BCUT2D eigenvalue weighted by Gasteiger charge is -2.54. The van der Waals surface area contributed by atoms with E-state index in [-0.39, 0.29) is 0 Å². The van der Waals surface area contributed by atoms with Crippen LogP contribution in [0.1, 0.15) is 13.3 Å². The first kappa shape index (κ1) is 8.52. The van der Waals surface area contributed by atoms with Crippen LogP contribution in [0.5, 0.6) is 0 Å². The SMILES string of the molecule is CCC[N+]12CC[N+](C)(CC1)CC2. The Kier molecular flexibility index (Phi) is 1.92. The molecule has 3 aliphatic rings. The molecule has 0 aromatic rings. The second-order valence-corrected chi connectivity index (χ2v) is 5.03. The zero-order valence-corrected chi connectivity index (χ0v) is 8.55. The Morgan fingerprint density at radius 3 is 1.83 bits per heavy atom. The van der Waals surface area contributed by atoms with Gasteiger partial charge in [-0.2, -0.15) is 0 Å². The second kappa shape index (κ2) is 2.71. The van der Waals surface area contributed by atoms with E-state index in [1.807, 2.05) is 0 Å². The molecule has 3 saturated heterocycles. The van der Waals surface area contributed by atoms with Crippen molar-refractivity contribution >= 4 is 0 Å². The van der Waals surface area contributed by atoms with Crippen LogP contribution in [-0.2, 0) is 0 Å². The summed E-state index contributed by atoms with van der Waals surface area (Å²) in [5.74, 6) is 0. The predicted octanol–water partition coefficient (Wildman–Crippen LogP) is 0.687.